The molecule has 2 heterocycles. The average Bonchev–Trinajstić information content (AvgIpc) is 3.64. The van der Waals surface area contributed by atoms with E-state index in [2.05, 4.69) is 182 Å². The minimum Gasteiger partial charge on any atom is -0.208 e. The van der Waals surface area contributed by atoms with E-state index in [1.807, 2.05) is 6.07 Å². The Bertz CT molecular complexity index is 3270. The van der Waals surface area contributed by atoms with Gasteiger partial charge in [0, 0.05) is 36.9 Å². The molecule has 0 aliphatic carbocycles. The molecule has 256 valence electrons. The van der Waals surface area contributed by atoms with Crippen LogP contribution in [0.25, 0.3) is 109 Å². The molecule has 0 saturated carbocycles. The molecule has 4 heteroatoms. The quantitative estimate of drug-likeness (QED) is 0.131. The number of aromatic nitrogens is 3. The third kappa shape index (κ3) is 5.30. The van der Waals surface area contributed by atoms with E-state index in [1.165, 1.54) is 58.1 Å². The summed E-state index contributed by atoms with van der Waals surface area (Å²) in [6.45, 7) is 0. The van der Waals surface area contributed by atoms with Crippen LogP contribution < -0.4 is 0 Å². The minimum atomic E-state index is 0.636. The lowest BCUT2D eigenvalue weighted by atomic mass is 9.88. The van der Waals surface area contributed by atoms with Gasteiger partial charge in [0.1, 0.15) is 0 Å². The lowest BCUT2D eigenvalue weighted by molar-refractivity contribution is 1.08. The van der Waals surface area contributed by atoms with Crippen LogP contribution in [0.2, 0.25) is 0 Å². The number of rotatable bonds is 5. The van der Waals surface area contributed by atoms with E-state index < -0.39 is 0 Å². The molecule has 0 amide bonds. The van der Waals surface area contributed by atoms with E-state index in [0.717, 1.165) is 33.4 Å². The van der Waals surface area contributed by atoms with Gasteiger partial charge in [-0.1, -0.05) is 170 Å². The fourth-order valence-corrected chi connectivity index (χ4v) is 9.31. The SMILES string of the molecule is c1ccc(-c2ccccc2-c2nc(-c3ccc4c(c3)sc3ccccc34)nc(-c3ccccc3-c3c4ccccc4cc4c3ccc3ccccc34)n2)cc1. The van der Waals surface area contributed by atoms with Crippen molar-refractivity contribution in [3.8, 4) is 56.4 Å². The molecule has 0 bridgehead atoms. The van der Waals surface area contributed by atoms with Crippen molar-refractivity contribution >= 4 is 63.8 Å². The lowest BCUT2D eigenvalue weighted by Crippen LogP contribution is -2.02. The van der Waals surface area contributed by atoms with Gasteiger partial charge in [0.15, 0.2) is 17.5 Å². The van der Waals surface area contributed by atoms with Crippen molar-refractivity contribution in [2.75, 3.05) is 0 Å². The monoisotopic (exact) mass is 717 g/mol. The molecule has 9 aromatic carbocycles. The summed E-state index contributed by atoms with van der Waals surface area (Å²) in [5.74, 6) is 1.92. The smallest absolute Gasteiger partial charge is 0.164 e. The van der Waals surface area contributed by atoms with Gasteiger partial charge in [-0.25, -0.2) is 15.0 Å². The highest BCUT2D eigenvalue weighted by Crippen LogP contribution is 2.43. The number of hydrogen-bond donors (Lipinski definition) is 0. The molecule has 2 aromatic heterocycles. The normalized spacial score (nSPS) is 11.6. The highest BCUT2D eigenvalue weighted by atomic mass is 32.1. The molecule has 0 saturated heterocycles. The summed E-state index contributed by atoms with van der Waals surface area (Å²) < 4.78 is 2.48. The van der Waals surface area contributed by atoms with Crippen LogP contribution in [-0.2, 0) is 0 Å². The molecule has 0 aliphatic heterocycles. The highest BCUT2D eigenvalue weighted by Gasteiger charge is 2.21. The molecule has 11 rings (SSSR count). The maximum Gasteiger partial charge on any atom is 0.164 e. The first-order chi connectivity index (χ1) is 27.3. The van der Waals surface area contributed by atoms with Crippen LogP contribution in [0.5, 0.6) is 0 Å². The molecule has 0 radical (unpaired) electrons. The Labute approximate surface area is 321 Å². The summed E-state index contributed by atoms with van der Waals surface area (Å²) in [4.78, 5) is 16.0. The van der Waals surface area contributed by atoms with Crippen molar-refractivity contribution in [1.82, 2.24) is 15.0 Å². The Hall–Kier alpha value is -7.01. The summed E-state index contributed by atoms with van der Waals surface area (Å²) in [5, 5.41) is 9.79. The van der Waals surface area contributed by atoms with E-state index in [1.54, 1.807) is 11.3 Å². The third-order valence-electron chi connectivity index (χ3n) is 10.7. The number of thiophene rings is 1. The molecule has 0 atom stereocenters. The Morgan fingerprint density at radius 1 is 0.291 bits per heavy atom. The predicted octanol–water partition coefficient (Wildman–Crippen LogP) is 14.0. The molecule has 55 heavy (non-hydrogen) atoms. The minimum absolute atomic E-state index is 0.636. The number of hydrogen-bond acceptors (Lipinski definition) is 4. The Balaban J connectivity index is 1.19. The standard InChI is InChI=1S/C51H31N3S/c1-2-14-32(15-3-1)36-18-8-10-23-43(36)50-52-49(35-27-28-40-39-21-12-13-25-46(39)55-47(40)31-35)53-51(54-50)44-24-11-9-22-41(44)48-38-20-7-5-17-34(38)30-45-37-19-6-4-16-33(37)26-29-42(45)48/h1-31H. The van der Waals surface area contributed by atoms with Crippen molar-refractivity contribution in [2.24, 2.45) is 0 Å². The highest BCUT2D eigenvalue weighted by molar-refractivity contribution is 7.25. The van der Waals surface area contributed by atoms with Crippen molar-refractivity contribution in [1.29, 1.82) is 0 Å². The molecule has 11 aromatic rings. The largest absolute Gasteiger partial charge is 0.208 e. The molecule has 0 spiro atoms. The van der Waals surface area contributed by atoms with Gasteiger partial charge in [0.2, 0.25) is 0 Å². The van der Waals surface area contributed by atoms with Crippen LogP contribution in [-0.4, -0.2) is 15.0 Å². The number of benzene rings is 9. The van der Waals surface area contributed by atoms with Crippen LogP contribution in [0, 0.1) is 0 Å². The summed E-state index contributed by atoms with van der Waals surface area (Å²) in [5.41, 5.74) is 7.32. The Morgan fingerprint density at radius 2 is 0.855 bits per heavy atom. The van der Waals surface area contributed by atoms with E-state index in [9.17, 15) is 0 Å². The van der Waals surface area contributed by atoms with Crippen LogP contribution >= 0.6 is 11.3 Å². The van der Waals surface area contributed by atoms with Gasteiger partial charge < -0.3 is 0 Å². The second-order valence-electron chi connectivity index (χ2n) is 13.9. The average molecular weight is 718 g/mol. The summed E-state index contributed by atoms with van der Waals surface area (Å²) in [6.07, 6.45) is 0. The third-order valence-corrected chi connectivity index (χ3v) is 11.9. The molecular weight excluding hydrogens is 687 g/mol. The maximum absolute atomic E-state index is 5.36. The van der Waals surface area contributed by atoms with Gasteiger partial charge in [0.25, 0.3) is 0 Å². The van der Waals surface area contributed by atoms with Crippen molar-refractivity contribution < 1.29 is 0 Å². The molecule has 0 fully saturated rings. The van der Waals surface area contributed by atoms with Gasteiger partial charge in [-0.3, -0.25) is 0 Å². The second-order valence-corrected chi connectivity index (χ2v) is 15.0. The van der Waals surface area contributed by atoms with Gasteiger partial charge in [-0.05, 0) is 72.8 Å². The first-order valence-electron chi connectivity index (χ1n) is 18.5. The van der Waals surface area contributed by atoms with E-state index in [4.69, 9.17) is 15.0 Å². The van der Waals surface area contributed by atoms with Crippen LogP contribution in [0.1, 0.15) is 0 Å². The second kappa shape index (κ2) is 12.8. The van der Waals surface area contributed by atoms with Crippen LogP contribution in [0.3, 0.4) is 0 Å². The van der Waals surface area contributed by atoms with Gasteiger partial charge in [-0.2, -0.15) is 0 Å². The summed E-state index contributed by atoms with van der Waals surface area (Å²) in [7, 11) is 0. The Kier molecular flexibility index (Phi) is 7.35. The zero-order valence-electron chi connectivity index (χ0n) is 29.6. The van der Waals surface area contributed by atoms with Gasteiger partial charge in [0.05, 0.1) is 0 Å². The van der Waals surface area contributed by atoms with E-state index in [0.29, 0.717) is 17.5 Å². The number of fused-ring (bicyclic) bond motifs is 7. The van der Waals surface area contributed by atoms with Crippen LogP contribution in [0.15, 0.2) is 188 Å². The maximum atomic E-state index is 5.36. The zero-order valence-corrected chi connectivity index (χ0v) is 30.5. The van der Waals surface area contributed by atoms with E-state index in [-0.39, 0.29) is 0 Å². The molecule has 3 nitrogen and oxygen atoms in total. The van der Waals surface area contributed by atoms with Crippen molar-refractivity contribution in [3.63, 3.8) is 0 Å². The molecule has 0 N–H and O–H groups in total. The molecule has 0 unspecified atom stereocenters. The molecule has 0 aliphatic rings. The fraction of sp³-hybridized carbons (Fsp3) is 0. The topological polar surface area (TPSA) is 38.7 Å². The van der Waals surface area contributed by atoms with Gasteiger partial charge >= 0.3 is 0 Å². The van der Waals surface area contributed by atoms with Crippen molar-refractivity contribution in [3.05, 3.63) is 188 Å². The Morgan fingerprint density at radius 3 is 1.65 bits per heavy atom. The lowest BCUT2D eigenvalue weighted by Gasteiger charge is -2.17. The molecular formula is C51H31N3S. The van der Waals surface area contributed by atoms with Crippen LogP contribution in [0.4, 0.5) is 0 Å². The fourth-order valence-electron chi connectivity index (χ4n) is 8.16. The predicted molar refractivity (Wildman–Crippen MR) is 232 cm³/mol. The zero-order chi connectivity index (χ0) is 36.3. The number of nitrogens with zero attached hydrogens (tertiary/aromatic N) is 3. The summed E-state index contributed by atoms with van der Waals surface area (Å²) in [6, 6.07) is 66.9. The van der Waals surface area contributed by atoms with E-state index >= 15 is 0 Å². The van der Waals surface area contributed by atoms with Crippen molar-refractivity contribution in [2.45, 2.75) is 0 Å². The summed E-state index contributed by atoms with van der Waals surface area (Å²) >= 11 is 1.80. The first-order valence-corrected chi connectivity index (χ1v) is 19.3. The first kappa shape index (κ1) is 31.5. The van der Waals surface area contributed by atoms with Gasteiger partial charge in [-0.15, -0.1) is 11.3 Å².